The lowest BCUT2D eigenvalue weighted by atomic mass is 10.1. The third-order valence-corrected chi connectivity index (χ3v) is 8.52. The number of nitrogens with zero attached hydrogens (tertiary/aromatic N) is 2. The van der Waals surface area contributed by atoms with Crippen LogP contribution in [0.1, 0.15) is 18.1 Å². The van der Waals surface area contributed by atoms with E-state index in [1.807, 2.05) is 31.2 Å². The molecule has 0 unspecified atom stereocenters. The molecule has 3 aromatic rings. The third-order valence-electron chi connectivity index (χ3n) is 6.22. The van der Waals surface area contributed by atoms with E-state index in [4.69, 9.17) is 9.47 Å². The fraction of sp³-hybridized carbons (Fsp3) is 0.286. The molecule has 0 radical (unpaired) electrons. The molecule has 0 spiro atoms. The first-order chi connectivity index (χ1) is 18.5. The zero-order chi connectivity index (χ0) is 28.7. The maximum atomic E-state index is 14.0. The smallest absolute Gasteiger partial charge is 0.264 e. The van der Waals surface area contributed by atoms with Crippen LogP contribution < -0.4 is 19.1 Å². The Labute approximate surface area is 237 Å². The molecular formula is C28H32BrN3O6S. The molecule has 1 N–H and O–H groups in total. The summed E-state index contributed by atoms with van der Waals surface area (Å²) < 4.78 is 40.4. The van der Waals surface area contributed by atoms with Crippen molar-refractivity contribution in [1.82, 2.24) is 10.2 Å². The van der Waals surface area contributed by atoms with Crippen molar-refractivity contribution in [2.75, 3.05) is 32.1 Å². The lowest BCUT2D eigenvalue weighted by Gasteiger charge is -2.32. The minimum atomic E-state index is -4.24. The van der Waals surface area contributed by atoms with Crippen LogP contribution in [0.4, 0.5) is 5.69 Å². The number of anilines is 1. The molecular weight excluding hydrogens is 586 g/mol. The first-order valence-electron chi connectivity index (χ1n) is 12.1. The molecule has 0 aliphatic rings. The standard InChI is InChI=1S/C28H32BrN3O6S/c1-19-6-12-23(13-7-19)32(39(35,36)24-14-15-25(37-4)26(16-24)38-5)18-27(33)31(20(2)28(34)30-3)17-21-8-10-22(29)11-9-21/h6-16,20H,17-18H2,1-5H3,(H,30,34)/t20-/m0/s1. The molecule has 3 aromatic carbocycles. The van der Waals surface area contributed by atoms with Crippen molar-refractivity contribution in [2.24, 2.45) is 0 Å². The van der Waals surface area contributed by atoms with Gasteiger partial charge in [-0.2, -0.15) is 0 Å². The first-order valence-corrected chi connectivity index (χ1v) is 14.3. The Bertz CT molecular complexity index is 1410. The summed E-state index contributed by atoms with van der Waals surface area (Å²) in [5, 5.41) is 2.57. The van der Waals surface area contributed by atoms with E-state index < -0.39 is 28.5 Å². The minimum Gasteiger partial charge on any atom is -0.493 e. The summed E-state index contributed by atoms with van der Waals surface area (Å²) in [4.78, 5) is 27.7. The molecule has 0 aliphatic heterocycles. The Morgan fingerprint density at radius 3 is 2.13 bits per heavy atom. The largest absolute Gasteiger partial charge is 0.493 e. The van der Waals surface area contributed by atoms with Crippen LogP contribution in [0.15, 0.2) is 76.1 Å². The number of rotatable bonds is 11. The van der Waals surface area contributed by atoms with Gasteiger partial charge < -0.3 is 19.7 Å². The summed E-state index contributed by atoms with van der Waals surface area (Å²) in [6, 6.07) is 17.5. The lowest BCUT2D eigenvalue weighted by Crippen LogP contribution is -2.50. The van der Waals surface area contributed by atoms with Crippen LogP contribution in [-0.4, -0.2) is 59.0 Å². The van der Waals surface area contributed by atoms with E-state index >= 15 is 0 Å². The van der Waals surface area contributed by atoms with E-state index in [1.54, 1.807) is 31.2 Å². The van der Waals surface area contributed by atoms with Crippen LogP contribution in [0.5, 0.6) is 11.5 Å². The number of hydrogen-bond donors (Lipinski definition) is 1. The van der Waals surface area contributed by atoms with Crippen molar-refractivity contribution in [1.29, 1.82) is 0 Å². The number of carbonyl (C=O) groups is 2. The molecule has 0 heterocycles. The maximum absolute atomic E-state index is 14.0. The number of carbonyl (C=O) groups excluding carboxylic acids is 2. The van der Waals surface area contributed by atoms with E-state index in [9.17, 15) is 18.0 Å². The molecule has 9 nitrogen and oxygen atoms in total. The third kappa shape index (κ3) is 7.10. The van der Waals surface area contributed by atoms with Crippen LogP contribution in [0.2, 0.25) is 0 Å². The molecule has 0 saturated carbocycles. The summed E-state index contributed by atoms with van der Waals surface area (Å²) in [5.41, 5.74) is 2.02. The van der Waals surface area contributed by atoms with Crippen molar-refractivity contribution in [3.05, 3.63) is 82.3 Å². The molecule has 0 aromatic heterocycles. The molecule has 208 valence electrons. The first kappa shape index (κ1) is 30.0. The van der Waals surface area contributed by atoms with Crippen LogP contribution in [-0.2, 0) is 26.2 Å². The van der Waals surface area contributed by atoms with Gasteiger partial charge in [0.05, 0.1) is 24.8 Å². The Morgan fingerprint density at radius 2 is 1.56 bits per heavy atom. The summed E-state index contributed by atoms with van der Waals surface area (Å²) >= 11 is 3.40. The van der Waals surface area contributed by atoms with Gasteiger partial charge in [-0.25, -0.2) is 8.42 Å². The average Bonchev–Trinajstić information content (AvgIpc) is 2.94. The number of benzene rings is 3. The van der Waals surface area contributed by atoms with Gasteiger partial charge in [0.1, 0.15) is 12.6 Å². The summed E-state index contributed by atoms with van der Waals surface area (Å²) in [7, 11) is 0.115. The number of halogens is 1. The topological polar surface area (TPSA) is 105 Å². The van der Waals surface area contributed by atoms with Gasteiger partial charge in [-0.3, -0.25) is 13.9 Å². The molecule has 39 heavy (non-hydrogen) atoms. The second-order valence-electron chi connectivity index (χ2n) is 8.80. The molecule has 2 amide bonds. The molecule has 0 aliphatic carbocycles. The second-order valence-corrected chi connectivity index (χ2v) is 11.6. The van der Waals surface area contributed by atoms with Gasteiger partial charge in [-0.15, -0.1) is 0 Å². The average molecular weight is 619 g/mol. The zero-order valence-corrected chi connectivity index (χ0v) is 24.9. The highest BCUT2D eigenvalue weighted by Gasteiger charge is 2.32. The minimum absolute atomic E-state index is 0.0765. The summed E-state index contributed by atoms with van der Waals surface area (Å²) in [5.74, 6) is -0.308. The molecule has 3 rings (SSSR count). The van der Waals surface area contributed by atoms with Gasteiger partial charge in [0.2, 0.25) is 11.8 Å². The maximum Gasteiger partial charge on any atom is 0.264 e. The second kappa shape index (κ2) is 13.0. The van der Waals surface area contributed by atoms with Crippen molar-refractivity contribution in [3.8, 4) is 11.5 Å². The lowest BCUT2D eigenvalue weighted by molar-refractivity contribution is -0.139. The summed E-state index contributed by atoms with van der Waals surface area (Å²) in [6.07, 6.45) is 0. The highest BCUT2D eigenvalue weighted by atomic mass is 79.9. The van der Waals surface area contributed by atoms with Gasteiger partial charge in [-0.1, -0.05) is 45.8 Å². The Kier molecular flexibility index (Phi) is 9.98. The van der Waals surface area contributed by atoms with Gasteiger partial charge in [0.25, 0.3) is 10.0 Å². The Balaban J connectivity index is 2.06. The molecule has 1 atom stereocenters. The van der Waals surface area contributed by atoms with Crippen molar-refractivity contribution < 1.29 is 27.5 Å². The van der Waals surface area contributed by atoms with E-state index in [2.05, 4.69) is 21.2 Å². The van der Waals surface area contributed by atoms with Crippen LogP contribution in [0.3, 0.4) is 0 Å². The number of amides is 2. The number of methoxy groups -OCH3 is 2. The van der Waals surface area contributed by atoms with Gasteiger partial charge in [0, 0.05) is 24.1 Å². The summed E-state index contributed by atoms with van der Waals surface area (Å²) in [6.45, 7) is 3.07. The van der Waals surface area contributed by atoms with Gasteiger partial charge >= 0.3 is 0 Å². The monoisotopic (exact) mass is 617 g/mol. The van der Waals surface area contributed by atoms with Crippen LogP contribution >= 0.6 is 15.9 Å². The quantitative estimate of drug-likeness (QED) is 0.347. The highest BCUT2D eigenvalue weighted by molar-refractivity contribution is 9.10. The van der Waals surface area contributed by atoms with E-state index in [0.717, 1.165) is 19.9 Å². The number of aryl methyl sites for hydroxylation is 1. The van der Waals surface area contributed by atoms with E-state index in [1.165, 1.54) is 44.4 Å². The van der Waals surface area contributed by atoms with Crippen LogP contribution in [0.25, 0.3) is 0 Å². The number of ether oxygens (including phenoxy) is 2. The van der Waals surface area contributed by atoms with Crippen molar-refractivity contribution in [3.63, 3.8) is 0 Å². The normalized spacial score (nSPS) is 11.8. The fourth-order valence-corrected chi connectivity index (χ4v) is 5.62. The SMILES string of the molecule is CNC(=O)[C@H](C)N(Cc1ccc(Br)cc1)C(=O)CN(c1ccc(C)cc1)S(=O)(=O)c1ccc(OC)c(OC)c1. The molecule has 0 fully saturated rings. The van der Waals surface area contributed by atoms with Crippen LogP contribution in [0, 0.1) is 6.92 Å². The molecule has 0 saturated heterocycles. The zero-order valence-electron chi connectivity index (χ0n) is 22.5. The highest BCUT2D eigenvalue weighted by Crippen LogP contribution is 2.32. The van der Waals surface area contributed by atoms with Gasteiger partial charge in [-0.05, 0) is 55.8 Å². The number of sulfonamides is 1. The number of hydrogen-bond acceptors (Lipinski definition) is 6. The number of nitrogens with one attached hydrogen (secondary N) is 1. The predicted molar refractivity (Wildman–Crippen MR) is 153 cm³/mol. The predicted octanol–water partition coefficient (Wildman–Crippen LogP) is 4.13. The Hall–Kier alpha value is -3.57. The van der Waals surface area contributed by atoms with Crippen molar-refractivity contribution in [2.45, 2.75) is 31.3 Å². The van der Waals surface area contributed by atoms with Crippen molar-refractivity contribution >= 4 is 43.5 Å². The number of likely N-dealkylation sites (N-methyl/N-ethyl adjacent to an activating group) is 1. The van der Waals surface area contributed by atoms with E-state index in [0.29, 0.717) is 11.4 Å². The Morgan fingerprint density at radius 1 is 0.949 bits per heavy atom. The molecule has 11 heteroatoms. The fourth-order valence-electron chi connectivity index (χ4n) is 3.92. The van der Waals surface area contributed by atoms with Gasteiger partial charge in [0.15, 0.2) is 11.5 Å². The van der Waals surface area contributed by atoms with E-state index in [-0.39, 0.29) is 23.1 Å². The molecule has 0 bridgehead atoms.